The molecule has 2 aromatic carbocycles. The molecule has 0 saturated carbocycles. The molecule has 0 fully saturated rings. The van der Waals surface area contributed by atoms with Crippen LogP contribution in [0.1, 0.15) is 6.92 Å². The van der Waals surface area contributed by atoms with E-state index in [0.29, 0.717) is 18.0 Å². The molecule has 20 heavy (non-hydrogen) atoms. The minimum absolute atomic E-state index is 0.204. The number of anilines is 3. The summed E-state index contributed by atoms with van der Waals surface area (Å²) in [6.07, 6.45) is 0. The van der Waals surface area contributed by atoms with Crippen LogP contribution >= 0.6 is 0 Å². The average molecular weight is 282 g/mol. The maximum Gasteiger partial charge on any atom is 0.196 e. The van der Waals surface area contributed by atoms with Crippen LogP contribution in [0.5, 0.6) is 5.75 Å². The first-order chi connectivity index (χ1) is 9.54. The van der Waals surface area contributed by atoms with Gasteiger partial charge in [0.15, 0.2) is 17.5 Å². The highest BCUT2D eigenvalue weighted by Crippen LogP contribution is 2.32. The van der Waals surface area contributed by atoms with Gasteiger partial charge in [-0.2, -0.15) is 0 Å². The van der Waals surface area contributed by atoms with Crippen LogP contribution in [-0.4, -0.2) is 6.61 Å². The second-order valence-corrected chi connectivity index (χ2v) is 4.00. The monoisotopic (exact) mass is 282 g/mol. The molecule has 0 aliphatic carbocycles. The molecule has 0 aromatic heterocycles. The fourth-order valence-electron chi connectivity index (χ4n) is 1.70. The number of para-hydroxylation sites is 1. The van der Waals surface area contributed by atoms with Gasteiger partial charge in [0.2, 0.25) is 0 Å². The third kappa shape index (κ3) is 2.64. The van der Waals surface area contributed by atoms with Gasteiger partial charge in [-0.25, -0.2) is 13.2 Å². The SMILES string of the molecule is CCOc1cccc(Nc2ccc(F)c(F)c2F)c1N. The molecule has 106 valence electrons. The van der Waals surface area contributed by atoms with Gasteiger partial charge in [-0.1, -0.05) is 6.07 Å². The van der Waals surface area contributed by atoms with E-state index in [0.717, 1.165) is 12.1 Å². The van der Waals surface area contributed by atoms with Crippen molar-refractivity contribution >= 4 is 17.1 Å². The van der Waals surface area contributed by atoms with Crippen molar-refractivity contribution in [1.29, 1.82) is 0 Å². The molecule has 0 radical (unpaired) electrons. The van der Waals surface area contributed by atoms with Gasteiger partial charge in [0.1, 0.15) is 5.75 Å². The summed E-state index contributed by atoms with van der Waals surface area (Å²) in [5, 5.41) is 2.62. The van der Waals surface area contributed by atoms with Crippen LogP contribution in [-0.2, 0) is 0 Å². The minimum Gasteiger partial charge on any atom is -0.492 e. The minimum atomic E-state index is -1.53. The quantitative estimate of drug-likeness (QED) is 0.662. The summed E-state index contributed by atoms with van der Waals surface area (Å²) < 4.78 is 44.9. The summed E-state index contributed by atoms with van der Waals surface area (Å²) in [6.45, 7) is 2.22. The summed E-state index contributed by atoms with van der Waals surface area (Å²) in [5.41, 5.74) is 6.26. The van der Waals surface area contributed by atoms with Gasteiger partial charge in [-0.15, -0.1) is 0 Å². The maximum atomic E-state index is 13.6. The Hall–Kier alpha value is -2.37. The van der Waals surface area contributed by atoms with Gasteiger partial charge in [-0.05, 0) is 31.2 Å². The zero-order valence-corrected chi connectivity index (χ0v) is 10.7. The molecule has 0 spiro atoms. The Balaban J connectivity index is 2.36. The Morgan fingerprint density at radius 3 is 2.50 bits per heavy atom. The second kappa shape index (κ2) is 5.73. The zero-order chi connectivity index (χ0) is 14.7. The Kier molecular flexibility index (Phi) is 4.02. The largest absolute Gasteiger partial charge is 0.492 e. The van der Waals surface area contributed by atoms with Crippen molar-refractivity contribution in [3.8, 4) is 5.75 Å². The fraction of sp³-hybridized carbons (Fsp3) is 0.143. The second-order valence-electron chi connectivity index (χ2n) is 4.00. The first-order valence-corrected chi connectivity index (χ1v) is 5.96. The van der Waals surface area contributed by atoms with Crippen molar-refractivity contribution in [3.63, 3.8) is 0 Å². The van der Waals surface area contributed by atoms with Crippen LogP contribution in [0.25, 0.3) is 0 Å². The number of halogens is 3. The number of ether oxygens (including phenoxy) is 1. The molecule has 2 rings (SSSR count). The lowest BCUT2D eigenvalue weighted by molar-refractivity contribution is 0.342. The van der Waals surface area contributed by atoms with E-state index in [1.165, 1.54) is 0 Å². The van der Waals surface area contributed by atoms with Crippen molar-refractivity contribution in [2.45, 2.75) is 6.92 Å². The molecular formula is C14H13F3N2O. The Morgan fingerprint density at radius 1 is 1.05 bits per heavy atom. The highest BCUT2D eigenvalue weighted by Gasteiger charge is 2.14. The highest BCUT2D eigenvalue weighted by molar-refractivity contribution is 5.77. The molecule has 2 aromatic rings. The van der Waals surface area contributed by atoms with Crippen molar-refractivity contribution in [2.24, 2.45) is 0 Å². The summed E-state index contributed by atoms with van der Waals surface area (Å²) in [4.78, 5) is 0. The van der Waals surface area contributed by atoms with Gasteiger partial charge in [0.05, 0.1) is 23.7 Å². The number of nitrogen functional groups attached to an aromatic ring is 1. The van der Waals surface area contributed by atoms with Crippen molar-refractivity contribution in [2.75, 3.05) is 17.7 Å². The Labute approximate surface area is 114 Å². The molecule has 0 bridgehead atoms. The van der Waals surface area contributed by atoms with E-state index in [9.17, 15) is 13.2 Å². The normalized spacial score (nSPS) is 10.4. The van der Waals surface area contributed by atoms with E-state index in [2.05, 4.69) is 5.32 Å². The first kappa shape index (κ1) is 14.0. The number of rotatable bonds is 4. The lowest BCUT2D eigenvalue weighted by Crippen LogP contribution is -2.03. The van der Waals surface area contributed by atoms with E-state index < -0.39 is 17.5 Å². The fourth-order valence-corrected chi connectivity index (χ4v) is 1.70. The standard InChI is InChI=1S/C14H13F3N2O/c1-2-20-11-5-3-4-10(14(11)18)19-9-7-6-8(15)12(16)13(9)17/h3-7,19H,2,18H2,1H3. The van der Waals surface area contributed by atoms with E-state index in [1.54, 1.807) is 25.1 Å². The van der Waals surface area contributed by atoms with Crippen LogP contribution in [0.2, 0.25) is 0 Å². The zero-order valence-electron chi connectivity index (χ0n) is 10.7. The lowest BCUT2D eigenvalue weighted by atomic mass is 10.2. The molecule has 0 saturated heterocycles. The summed E-state index contributed by atoms with van der Waals surface area (Å²) in [7, 11) is 0. The number of hydrogen-bond acceptors (Lipinski definition) is 3. The molecule has 0 amide bonds. The molecule has 3 nitrogen and oxygen atoms in total. The highest BCUT2D eigenvalue weighted by atomic mass is 19.2. The van der Waals surface area contributed by atoms with Gasteiger partial charge < -0.3 is 15.8 Å². The molecule has 0 atom stereocenters. The molecule has 0 aliphatic heterocycles. The van der Waals surface area contributed by atoms with Crippen LogP contribution in [0, 0.1) is 17.5 Å². The van der Waals surface area contributed by atoms with E-state index in [1.807, 2.05) is 0 Å². The number of hydrogen-bond donors (Lipinski definition) is 2. The molecule has 0 unspecified atom stereocenters. The molecule has 0 aliphatic rings. The van der Waals surface area contributed by atoms with Crippen LogP contribution < -0.4 is 15.8 Å². The van der Waals surface area contributed by atoms with Gasteiger partial charge in [0, 0.05) is 0 Å². The van der Waals surface area contributed by atoms with Crippen molar-refractivity contribution in [3.05, 3.63) is 47.8 Å². The van der Waals surface area contributed by atoms with Crippen LogP contribution in [0.3, 0.4) is 0 Å². The number of nitrogens with two attached hydrogens (primary N) is 1. The van der Waals surface area contributed by atoms with Crippen molar-refractivity contribution < 1.29 is 17.9 Å². The number of benzene rings is 2. The van der Waals surface area contributed by atoms with E-state index in [-0.39, 0.29) is 11.4 Å². The lowest BCUT2D eigenvalue weighted by Gasteiger charge is -2.13. The smallest absolute Gasteiger partial charge is 0.196 e. The predicted octanol–water partition coefficient (Wildman–Crippen LogP) is 3.83. The topological polar surface area (TPSA) is 47.3 Å². The van der Waals surface area contributed by atoms with Crippen LogP contribution in [0.15, 0.2) is 30.3 Å². The third-order valence-electron chi connectivity index (χ3n) is 2.67. The van der Waals surface area contributed by atoms with E-state index >= 15 is 0 Å². The Morgan fingerprint density at radius 2 is 1.80 bits per heavy atom. The third-order valence-corrected chi connectivity index (χ3v) is 2.67. The number of nitrogens with one attached hydrogen (secondary N) is 1. The molecule has 6 heteroatoms. The molecule has 3 N–H and O–H groups in total. The summed E-state index contributed by atoms with van der Waals surface area (Å²) >= 11 is 0. The Bertz CT molecular complexity index is 632. The maximum absolute atomic E-state index is 13.6. The van der Waals surface area contributed by atoms with Gasteiger partial charge in [0.25, 0.3) is 0 Å². The molecule has 0 heterocycles. The van der Waals surface area contributed by atoms with Gasteiger partial charge >= 0.3 is 0 Å². The first-order valence-electron chi connectivity index (χ1n) is 5.96. The van der Waals surface area contributed by atoms with Crippen molar-refractivity contribution in [1.82, 2.24) is 0 Å². The molecular weight excluding hydrogens is 269 g/mol. The van der Waals surface area contributed by atoms with E-state index in [4.69, 9.17) is 10.5 Å². The predicted molar refractivity (Wildman–Crippen MR) is 71.6 cm³/mol. The van der Waals surface area contributed by atoms with Crippen LogP contribution in [0.4, 0.5) is 30.2 Å². The average Bonchev–Trinajstić information content (AvgIpc) is 2.44. The summed E-state index contributed by atoms with van der Waals surface area (Å²) in [5.74, 6) is -3.65. The van der Waals surface area contributed by atoms with Gasteiger partial charge in [-0.3, -0.25) is 0 Å². The summed E-state index contributed by atoms with van der Waals surface area (Å²) in [6, 6.07) is 6.83.